The molecule has 0 radical (unpaired) electrons. The van der Waals surface area contributed by atoms with Gasteiger partial charge in [-0.2, -0.15) is 0 Å². The number of rotatable bonds is 6. The summed E-state index contributed by atoms with van der Waals surface area (Å²) >= 11 is 2.78. The Balaban J connectivity index is 2.42. The SMILES string of the molecule is CCOC(=O)Cc1csc(SCC(=O)NC)n1. The molecule has 94 valence electrons. The van der Waals surface area contributed by atoms with Crippen LogP contribution in [-0.4, -0.2) is 36.3 Å². The summed E-state index contributed by atoms with van der Waals surface area (Å²) in [6.45, 7) is 2.14. The Hall–Kier alpha value is -1.08. The second-order valence-electron chi connectivity index (χ2n) is 3.05. The lowest BCUT2D eigenvalue weighted by molar-refractivity contribution is -0.142. The van der Waals surface area contributed by atoms with Crippen LogP contribution in [0.2, 0.25) is 0 Å². The van der Waals surface area contributed by atoms with Gasteiger partial charge in [-0.25, -0.2) is 4.98 Å². The lowest BCUT2D eigenvalue weighted by atomic mass is 10.3. The fraction of sp³-hybridized carbons (Fsp3) is 0.500. The number of nitrogens with one attached hydrogen (secondary N) is 1. The highest BCUT2D eigenvalue weighted by Crippen LogP contribution is 2.22. The smallest absolute Gasteiger partial charge is 0.311 e. The topological polar surface area (TPSA) is 68.3 Å². The third-order valence-electron chi connectivity index (χ3n) is 1.77. The molecule has 1 amide bonds. The molecule has 0 fully saturated rings. The molecular formula is C10H14N2O3S2. The molecule has 1 heterocycles. The molecule has 1 N–H and O–H groups in total. The number of thiazole rings is 1. The molecule has 0 spiro atoms. The summed E-state index contributed by atoms with van der Waals surface area (Å²) in [7, 11) is 1.59. The Morgan fingerprint density at radius 3 is 3.00 bits per heavy atom. The highest BCUT2D eigenvalue weighted by Gasteiger charge is 2.09. The molecule has 0 saturated carbocycles. The molecule has 7 heteroatoms. The molecule has 0 aliphatic heterocycles. The second-order valence-corrected chi connectivity index (χ2v) is 5.13. The number of hydrogen-bond acceptors (Lipinski definition) is 6. The van der Waals surface area contributed by atoms with Crippen LogP contribution in [0.3, 0.4) is 0 Å². The first-order chi connectivity index (χ1) is 8.15. The first kappa shape index (κ1) is 14.0. The lowest BCUT2D eigenvalue weighted by Crippen LogP contribution is -2.19. The highest BCUT2D eigenvalue weighted by atomic mass is 32.2. The van der Waals surface area contributed by atoms with E-state index in [-0.39, 0.29) is 18.3 Å². The van der Waals surface area contributed by atoms with Gasteiger partial charge in [0.2, 0.25) is 5.91 Å². The van der Waals surface area contributed by atoms with E-state index in [0.29, 0.717) is 18.1 Å². The van der Waals surface area contributed by atoms with Crippen LogP contribution in [0.5, 0.6) is 0 Å². The average Bonchev–Trinajstić information content (AvgIpc) is 2.74. The number of amides is 1. The van der Waals surface area contributed by atoms with Gasteiger partial charge >= 0.3 is 5.97 Å². The normalized spacial score (nSPS) is 10.0. The molecule has 1 aromatic rings. The Morgan fingerprint density at radius 1 is 1.59 bits per heavy atom. The standard InChI is InChI=1S/C10H14N2O3S2/c1-3-15-9(14)4-7-5-16-10(12-7)17-6-8(13)11-2/h5H,3-4,6H2,1-2H3,(H,11,13). The van der Waals surface area contributed by atoms with Crippen molar-refractivity contribution in [1.82, 2.24) is 10.3 Å². The van der Waals surface area contributed by atoms with Crippen molar-refractivity contribution >= 4 is 35.0 Å². The van der Waals surface area contributed by atoms with Crippen LogP contribution in [0.1, 0.15) is 12.6 Å². The van der Waals surface area contributed by atoms with Crippen molar-refractivity contribution in [2.45, 2.75) is 17.7 Å². The zero-order valence-electron chi connectivity index (χ0n) is 9.69. The van der Waals surface area contributed by atoms with Crippen molar-refractivity contribution in [2.75, 3.05) is 19.4 Å². The van der Waals surface area contributed by atoms with E-state index >= 15 is 0 Å². The molecule has 0 atom stereocenters. The van der Waals surface area contributed by atoms with E-state index in [1.54, 1.807) is 14.0 Å². The number of aromatic nitrogens is 1. The van der Waals surface area contributed by atoms with Gasteiger partial charge in [0.25, 0.3) is 0 Å². The van der Waals surface area contributed by atoms with E-state index in [1.165, 1.54) is 23.1 Å². The summed E-state index contributed by atoms with van der Waals surface area (Å²) in [5.74, 6) is 0.0147. The number of carbonyl (C=O) groups excluding carboxylic acids is 2. The van der Waals surface area contributed by atoms with Gasteiger partial charge in [-0.1, -0.05) is 11.8 Å². The van der Waals surface area contributed by atoms with Gasteiger partial charge in [0.1, 0.15) is 0 Å². The van der Waals surface area contributed by atoms with Crippen LogP contribution < -0.4 is 5.32 Å². The molecule has 0 unspecified atom stereocenters. The Bertz CT molecular complexity index is 393. The molecule has 0 aromatic carbocycles. The summed E-state index contributed by atoms with van der Waals surface area (Å²) in [5, 5.41) is 4.34. The molecule has 1 aromatic heterocycles. The number of thioether (sulfide) groups is 1. The molecule has 0 aliphatic carbocycles. The maximum atomic E-state index is 11.2. The number of nitrogens with zero attached hydrogens (tertiary/aromatic N) is 1. The summed E-state index contributed by atoms with van der Waals surface area (Å²) < 4.78 is 5.61. The van der Waals surface area contributed by atoms with Gasteiger partial charge in [0.05, 0.1) is 24.5 Å². The minimum atomic E-state index is -0.277. The molecule has 0 bridgehead atoms. The van der Waals surface area contributed by atoms with Crippen molar-refractivity contribution < 1.29 is 14.3 Å². The minimum absolute atomic E-state index is 0.0443. The molecular weight excluding hydrogens is 260 g/mol. The van der Waals surface area contributed by atoms with Gasteiger partial charge in [-0.15, -0.1) is 11.3 Å². The van der Waals surface area contributed by atoms with Crippen molar-refractivity contribution in [3.63, 3.8) is 0 Å². The van der Waals surface area contributed by atoms with Crippen molar-refractivity contribution in [1.29, 1.82) is 0 Å². The first-order valence-electron chi connectivity index (χ1n) is 5.09. The molecule has 1 rings (SSSR count). The van der Waals surface area contributed by atoms with Crippen molar-refractivity contribution in [3.05, 3.63) is 11.1 Å². The third kappa shape index (κ3) is 5.18. The van der Waals surface area contributed by atoms with Crippen molar-refractivity contribution in [2.24, 2.45) is 0 Å². The minimum Gasteiger partial charge on any atom is -0.466 e. The number of hydrogen-bond donors (Lipinski definition) is 1. The fourth-order valence-corrected chi connectivity index (χ4v) is 2.71. The van der Waals surface area contributed by atoms with Crippen LogP contribution in [-0.2, 0) is 20.7 Å². The zero-order chi connectivity index (χ0) is 12.7. The average molecular weight is 274 g/mol. The van der Waals surface area contributed by atoms with E-state index < -0.39 is 0 Å². The zero-order valence-corrected chi connectivity index (χ0v) is 11.3. The Morgan fingerprint density at radius 2 is 2.35 bits per heavy atom. The number of esters is 1. The summed E-state index contributed by atoms with van der Waals surface area (Å²) in [4.78, 5) is 26.5. The van der Waals surface area contributed by atoms with E-state index in [0.717, 1.165) is 4.34 Å². The largest absolute Gasteiger partial charge is 0.466 e. The van der Waals surface area contributed by atoms with Gasteiger partial charge in [0.15, 0.2) is 4.34 Å². The number of ether oxygens (including phenoxy) is 1. The van der Waals surface area contributed by atoms with E-state index in [1.807, 2.05) is 5.38 Å². The molecule has 17 heavy (non-hydrogen) atoms. The Labute approximate surface area is 108 Å². The second kappa shape index (κ2) is 7.29. The Kier molecular flexibility index (Phi) is 5.99. The van der Waals surface area contributed by atoms with Gasteiger partial charge in [0, 0.05) is 12.4 Å². The lowest BCUT2D eigenvalue weighted by Gasteiger charge is -1.98. The van der Waals surface area contributed by atoms with Crippen molar-refractivity contribution in [3.8, 4) is 0 Å². The summed E-state index contributed by atoms with van der Waals surface area (Å²) in [6.07, 6.45) is 0.185. The fourth-order valence-electron chi connectivity index (χ4n) is 0.995. The van der Waals surface area contributed by atoms with E-state index in [9.17, 15) is 9.59 Å². The van der Waals surface area contributed by atoms with E-state index in [4.69, 9.17) is 4.74 Å². The summed E-state index contributed by atoms with van der Waals surface area (Å²) in [5.41, 5.74) is 0.688. The van der Waals surface area contributed by atoms with Crippen LogP contribution in [0.4, 0.5) is 0 Å². The maximum Gasteiger partial charge on any atom is 0.311 e. The highest BCUT2D eigenvalue weighted by molar-refractivity contribution is 8.01. The van der Waals surface area contributed by atoms with Gasteiger partial charge in [-0.3, -0.25) is 9.59 Å². The van der Waals surface area contributed by atoms with Gasteiger partial charge < -0.3 is 10.1 Å². The van der Waals surface area contributed by atoms with Crippen LogP contribution in [0, 0.1) is 0 Å². The molecule has 5 nitrogen and oxygen atoms in total. The van der Waals surface area contributed by atoms with Crippen LogP contribution in [0.25, 0.3) is 0 Å². The molecule has 0 aliphatic rings. The monoisotopic (exact) mass is 274 g/mol. The van der Waals surface area contributed by atoms with E-state index in [2.05, 4.69) is 10.3 Å². The quantitative estimate of drug-likeness (QED) is 0.621. The third-order valence-corrected chi connectivity index (χ3v) is 3.84. The predicted octanol–water partition coefficient (Wildman–Crippen LogP) is 1.09. The first-order valence-corrected chi connectivity index (χ1v) is 6.95. The predicted molar refractivity (Wildman–Crippen MR) is 67.2 cm³/mol. The summed E-state index contributed by atoms with van der Waals surface area (Å²) in [6, 6.07) is 0. The van der Waals surface area contributed by atoms with Gasteiger partial charge in [-0.05, 0) is 6.92 Å². The van der Waals surface area contributed by atoms with Crippen LogP contribution in [0.15, 0.2) is 9.72 Å². The van der Waals surface area contributed by atoms with Crippen LogP contribution >= 0.6 is 23.1 Å². The maximum absolute atomic E-state index is 11.2. The molecule has 0 saturated heterocycles. The number of carbonyl (C=O) groups is 2.